The standard InChI is InChI=1S/C19H24N4O3/c1-13(2)23-17(8-9-20-23)21-19(25)15-10-18(24)22(12-15)11-14-4-6-16(26-3)7-5-14/h4-9,13,15H,10-12H2,1-3H3,(H,21,25)/t15-/m0/s1. The van der Waals surface area contributed by atoms with Crippen LogP contribution in [0.25, 0.3) is 0 Å². The SMILES string of the molecule is COc1ccc(CN2C[C@@H](C(=O)Nc3ccnn3C(C)C)CC2=O)cc1. The van der Waals surface area contributed by atoms with Crippen molar-refractivity contribution in [3.8, 4) is 5.75 Å². The second-order valence-corrected chi connectivity index (χ2v) is 6.77. The summed E-state index contributed by atoms with van der Waals surface area (Å²) >= 11 is 0. The van der Waals surface area contributed by atoms with Crippen LogP contribution in [0.3, 0.4) is 0 Å². The first kappa shape index (κ1) is 18.0. The quantitative estimate of drug-likeness (QED) is 0.863. The lowest BCUT2D eigenvalue weighted by atomic mass is 10.1. The lowest BCUT2D eigenvalue weighted by molar-refractivity contribution is -0.128. The molecule has 138 valence electrons. The number of likely N-dealkylation sites (tertiary alicyclic amines) is 1. The third kappa shape index (κ3) is 3.87. The van der Waals surface area contributed by atoms with Gasteiger partial charge >= 0.3 is 0 Å². The Labute approximate surface area is 152 Å². The van der Waals surface area contributed by atoms with Crippen LogP contribution < -0.4 is 10.1 Å². The Morgan fingerprint density at radius 1 is 1.31 bits per heavy atom. The minimum atomic E-state index is -0.351. The molecule has 7 nitrogen and oxygen atoms in total. The van der Waals surface area contributed by atoms with Crippen molar-refractivity contribution in [3.63, 3.8) is 0 Å². The van der Waals surface area contributed by atoms with Gasteiger partial charge in [-0.1, -0.05) is 12.1 Å². The van der Waals surface area contributed by atoms with Crippen LogP contribution >= 0.6 is 0 Å². The van der Waals surface area contributed by atoms with Crippen LogP contribution in [0, 0.1) is 5.92 Å². The lowest BCUT2D eigenvalue weighted by Gasteiger charge is -2.17. The zero-order valence-electron chi connectivity index (χ0n) is 15.3. The Morgan fingerprint density at radius 3 is 2.69 bits per heavy atom. The average molecular weight is 356 g/mol. The number of benzene rings is 1. The van der Waals surface area contributed by atoms with Crippen LogP contribution in [0.15, 0.2) is 36.5 Å². The fraction of sp³-hybridized carbons (Fsp3) is 0.421. The molecule has 2 heterocycles. The molecule has 2 aromatic rings. The van der Waals surface area contributed by atoms with E-state index in [2.05, 4.69) is 10.4 Å². The summed E-state index contributed by atoms with van der Waals surface area (Å²) in [6, 6.07) is 9.52. The second kappa shape index (κ2) is 7.59. The predicted octanol–water partition coefficient (Wildman–Crippen LogP) is 2.46. The zero-order chi connectivity index (χ0) is 18.7. The Morgan fingerprint density at radius 2 is 2.04 bits per heavy atom. The molecule has 1 aliphatic heterocycles. The number of methoxy groups -OCH3 is 1. The van der Waals surface area contributed by atoms with Crippen molar-refractivity contribution < 1.29 is 14.3 Å². The van der Waals surface area contributed by atoms with E-state index < -0.39 is 0 Å². The molecule has 1 aromatic carbocycles. The van der Waals surface area contributed by atoms with Crippen LogP contribution in [0.1, 0.15) is 31.9 Å². The van der Waals surface area contributed by atoms with Crippen molar-refractivity contribution in [2.24, 2.45) is 5.92 Å². The monoisotopic (exact) mass is 356 g/mol. The molecule has 1 fully saturated rings. The Hall–Kier alpha value is -2.83. The summed E-state index contributed by atoms with van der Waals surface area (Å²) in [5.74, 6) is 0.944. The molecule has 0 spiro atoms. The molecule has 0 aliphatic carbocycles. The molecule has 0 radical (unpaired) electrons. The van der Waals surface area contributed by atoms with Gasteiger partial charge in [-0.2, -0.15) is 5.10 Å². The number of carbonyl (C=O) groups is 2. The van der Waals surface area contributed by atoms with Crippen molar-refractivity contribution in [2.75, 3.05) is 19.0 Å². The number of hydrogen-bond acceptors (Lipinski definition) is 4. The molecular formula is C19H24N4O3. The summed E-state index contributed by atoms with van der Waals surface area (Å²) in [4.78, 5) is 26.6. The average Bonchev–Trinajstić information content (AvgIpc) is 3.23. The van der Waals surface area contributed by atoms with Crippen molar-refractivity contribution >= 4 is 17.6 Å². The fourth-order valence-electron chi connectivity index (χ4n) is 3.11. The topological polar surface area (TPSA) is 76.5 Å². The second-order valence-electron chi connectivity index (χ2n) is 6.77. The normalized spacial score (nSPS) is 17.0. The Bertz CT molecular complexity index is 782. The van der Waals surface area contributed by atoms with E-state index in [-0.39, 0.29) is 30.2 Å². The fourth-order valence-corrected chi connectivity index (χ4v) is 3.11. The predicted molar refractivity (Wildman–Crippen MR) is 97.8 cm³/mol. The van der Waals surface area contributed by atoms with Gasteiger partial charge in [-0.3, -0.25) is 9.59 Å². The molecule has 1 saturated heterocycles. The number of nitrogens with zero attached hydrogens (tertiary/aromatic N) is 3. The number of carbonyl (C=O) groups excluding carboxylic acids is 2. The molecule has 1 N–H and O–H groups in total. The molecular weight excluding hydrogens is 332 g/mol. The smallest absolute Gasteiger partial charge is 0.230 e. The summed E-state index contributed by atoms with van der Waals surface area (Å²) in [5.41, 5.74) is 1.01. The van der Waals surface area contributed by atoms with Gasteiger partial charge in [0.2, 0.25) is 11.8 Å². The van der Waals surface area contributed by atoms with E-state index in [9.17, 15) is 9.59 Å². The molecule has 0 bridgehead atoms. The number of rotatable bonds is 6. The first-order chi connectivity index (χ1) is 12.5. The molecule has 3 rings (SSSR count). The highest BCUT2D eigenvalue weighted by Gasteiger charge is 2.34. The summed E-state index contributed by atoms with van der Waals surface area (Å²) < 4.78 is 6.90. The third-order valence-corrected chi connectivity index (χ3v) is 4.53. The maximum Gasteiger partial charge on any atom is 0.230 e. The molecule has 26 heavy (non-hydrogen) atoms. The molecule has 0 saturated carbocycles. The molecule has 0 unspecified atom stereocenters. The van der Waals surface area contributed by atoms with Gasteiger partial charge in [0.25, 0.3) is 0 Å². The number of anilines is 1. The first-order valence-electron chi connectivity index (χ1n) is 8.73. The van der Waals surface area contributed by atoms with Gasteiger partial charge in [0.1, 0.15) is 11.6 Å². The minimum absolute atomic E-state index is 0.00154. The summed E-state index contributed by atoms with van der Waals surface area (Å²) in [7, 11) is 1.62. The van der Waals surface area contributed by atoms with Crippen LogP contribution in [0.5, 0.6) is 5.75 Å². The van der Waals surface area contributed by atoms with Gasteiger partial charge in [-0.15, -0.1) is 0 Å². The third-order valence-electron chi connectivity index (χ3n) is 4.53. The van der Waals surface area contributed by atoms with E-state index >= 15 is 0 Å². The molecule has 1 aliphatic rings. The van der Waals surface area contributed by atoms with Crippen molar-refractivity contribution in [1.29, 1.82) is 0 Å². The Kier molecular flexibility index (Phi) is 5.25. The van der Waals surface area contributed by atoms with Crippen molar-refractivity contribution in [2.45, 2.75) is 32.9 Å². The molecule has 7 heteroatoms. The van der Waals surface area contributed by atoms with Crippen LogP contribution in [0.2, 0.25) is 0 Å². The van der Waals surface area contributed by atoms with E-state index in [1.165, 1.54) is 0 Å². The summed E-state index contributed by atoms with van der Waals surface area (Å²) in [5, 5.41) is 7.11. The van der Waals surface area contributed by atoms with Gasteiger partial charge in [-0.05, 0) is 31.5 Å². The number of amides is 2. The molecule has 2 amide bonds. The zero-order valence-corrected chi connectivity index (χ0v) is 15.3. The number of hydrogen-bond donors (Lipinski definition) is 1. The summed E-state index contributed by atoms with van der Waals surface area (Å²) in [6.07, 6.45) is 1.89. The van der Waals surface area contributed by atoms with Gasteiger partial charge < -0.3 is 15.0 Å². The first-order valence-corrected chi connectivity index (χ1v) is 8.73. The minimum Gasteiger partial charge on any atom is -0.497 e. The molecule has 1 atom stereocenters. The van der Waals surface area contributed by atoms with E-state index in [4.69, 9.17) is 4.74 Å². The number of nitrogens with one attached hydrogen (secondary N) is 1. The highest BCUT2D eigenvalue weighted by atomic mass is 16.5. The maximum atomic E-state index is 12.6. The van der Waals surface area contributed by atoms with Crippen LogP contribution in [0.4, 0.5) is 5.82 Å². The van der Waals surface area contributed by atoms with E-state index in [0.29, 0.717) is 18.9 Å². The highest BCUT2D eigenvalue weighted by Crippen LogP contribution is 2.23. The number of ether oxygens (including phenoxy) is 1. The number of aromatic nitrogens is 2. The highest BCUT2D eigenvalue weighted by molar-refractivity contribution is 5.96. The van der Waals surface area contributed by atoms with Gasteiger partial charge in [0.15, 0.2) is 0 Å². The van der Waals surface area contributed by atoms with Crippen LogP contribution in [-0.4, -0.2) is 40.1 Å². The molecule has 1 aromatic heterocycles. The van der Waals surface area contributed by atoms with Gasteiger partial charge in [0.05, 0.1) is 19.2 Å². The lowest BCUT2D eigenvalue weighted by Crippen LogP contribution is -2.28. The summed E-state index contributed by atoms with van der Waals surface area (Å²) in [6.45, 7) is 4.92. The van der Waals surface area contributed by atoms with Crippen molar-refractivity contribution in [3.05, 3.63) is 42.1 Å². The van der Waals surface area contributed by atoms with Gasteiger partial charge in [0, 0.05) is 31.6 Å². The van der Waals surface area contributed by atoms with Crippen LogP contribution in [-0.2, 0) is 16.1 Å². The van der Waals surface area contributed by atoms with Crippen molar-refractivity contribution in [1.82, 2.24) is 14.7 Å². The van der Waals surface area contributed by atoms with E-state index in [1.54, 1.807) is 29.0 Å². The Balaban J connectivity index is 1.61. The van der Waals surface area contributed by atoms with E-state index in [0.717, 1.165) is 11.3 Å². The van der Waals surface area contributed by atoms with Gasteiger partial charge in [-0.25, -0.2) is 4.68 Å². The largest absolute Gasteiger partial charge is 0.497 e. The van der Waals surface area contributed by atoms with E-state index in [1.807, 2.05) is 38.1 Å². The maximum absolute atomic E-state index is 12.6.